The molecule has 8 heteroatoms. The van der Waals surface area contributed by atoms with E-state index in [-0.39, 0.29) is 16.4 Å². The average Bonchev–Trinajstić information content (AvgIpc) is 2.41. The van der Waals surface area contributed by atoms with Gasteiger partial charge in [0, 0.05) is 6.54 Å². The van der Waals surface area contributed by atoms with Gasteiger partial charge in [0.25, 0.3) is 0 Å². The Balaban J connectivity index is 2.26. The normalized spacial score (nSPS) is 19.2. The van der Waals surface area contributed by atoms with Crippen molar-refractivity contribution in [3.05, 3.63) is 29.6 Å². The Morgan fingerprint density at radius 1 is 1.45 bits per heavy atom. The zero-order valence-corrected chi connectivity index (χ0v) is 11.2. The number of piperidine rings is 1. The van der Waals surface area contributed by atoms with E-state index < -0.39 is 21.9 Å². The Labute approximate surface area is 115 Å². The second-order valence-corrected chi connectivity index (χ2v) is 6.07. The summed E-state index contributed by atoms with van der Waals surface area (Å²) in [5, 5.41) is 11.3. The summed E-state index contributed by atoms with van der Waals surface area (Å²) in [5.74, 6) is -1.18. The Hall–Kier alpha value is -1.98. The Morgan fingerprint density at radius 3 is 2.85 bits per heavy atom. The van der Waals surface area contributed by atoms with E-state index in [0.29, 0.717) is 19.4 Å². The molecule has 1 saturated heterocycles. The zero-order valence-electron chi connectivity index (χ0n) is 10.4. The van der Waals surface area contributed by atoms with Gasteiger partial charge >= 0.3 is 0 Å². The molecule has 1 aliphatic rings. The minimum absolute atomic E-state index is 0.242. The molecular weight excluding hydrogens is 285 g/mol. The molecule has 1 aliphatic heterocycles. The summed E-state index contributed by atoms with van der Waals surface area (Å²) in [4.78, 5) is 11.3. The molecule has 2 rings (SSSR count). The van der Waals surface area contributed by atoms with Gasteiger partial charge < -0.3 is 5.32 Å². The molecule has 0 spiro atoms. The number of rotatable bonds is 3. The highest BCUT2D eigenvalue weighted by atomic mass is 32.2. The molecule has 0 aliphatic carbocycles. The Kier molecular flexibility index (Phi) is 4.01. The topological polar surface area (TPSA) is 99.1 Å². The first kappa shape index (κ1) is 14.4. The highest BCUT2D eigenvalue weighted by molar-refractivity contribution is 7.89. The Bertz CT molecular complexity index is 682. The summed E-state index contributed by atoms with van der Waals surface area (Å²) in [7, 11) is -3.97. The van der Waals surface area contributed by atoms with Gasteiger partial charge in [0.15, 0.2) is 0 Å². The summed E-state index contributed by atoms with van der Waals surface area (Å²) in [6.45, 7) is 0.520. The quantitative estimate of drug-likeness (QED) is 0.835. The van der Waals surface area contributed by atoms with Crippen LogP contribution in [0.3, 0.4) is 0 Å². The maximum atomic E-state index is 13.2. The van der Waals surface area contributed by atoms with E-state index in [1.807, 2.05) is 0 Å². The fraction of sp³-hybridized carbons (Fsp3) is 0.333. The number of benzene rings is 1. The van der Waals surface area contributed by atoms with Crippen LogP contribution in [0.5, 0.6) is 0 Å². The molecule has 1 aromatic carbocycles. The minimum Gasteiger partial charge on any atom is -0.355 e. The molecule has 1 heterocycles. The van der Waals surface area contributed by atoms with Gasteiger partial charge in [-0.3, -0.25) is 4.79 Å². The predicted octanol–water partition coefficient (Wildman–Crippen LogP) is 0.254. The van der Waals surface area contributed by atoms with Crippen molar-refractivity contribution in [2.24, 2.45) is 0 Å². The van der Waals surface area contributed by atoms with Gasteiger partial charge in [0.05, 0.1) is 10.5 Å². The number of nitrogens with one attached hydrogen (secondary N) is 2. The number of carbonyl (C=O) groups excluding carboxylic acids is 1. The van der Waals surface area contributed by atoms with Crippen molar-refractivity contribution in [1.29, 1.82) is 5.26 Å². The maximum Gasteiger partial charge on any atom is 0.241 e. The van der Waals surface area contributed by atoms with Crippen LogP contribution in [0.25, 0.3) is 0 Å². The van der Waals surface area contributed by atoms with Crippen molar-refractivity contribution in [1.82, 2.24) is 10.0 Å². The number of hydrogen-bond acceptors (Lipinski definition) is 4. The fourth-order valence-corrected chi connectivity index (χ4v) is 3.15. The number of nitrogens with zero attached hydrogens (tertiary/aromatic N) is 1. The van der Waals surface area contributed by atoms with E-state index in [0.717, 1.165) is 18.2 Å². The van der Waals surface area contributed by atoms with Crippen LogP contribution >= 0.6 is 0 Å². The summed E-state index contributed by atoms with van der Waals surface area (Å²) in [6.07, 6.45) is 1.07. The first-order valence-electron chi connectivity index (χ1n) is 5.94. The molecule has 2 N–H and O–H groups in total. The van der Waals surface area contributed by atoms with E-state index in [4.69, 9.17) is 5.26 Å². The van der Waals surface area contributed by atoms with Crippen LogP contribution in [-0.4, -0.2) is 26.9 Å². The summed E-state index contributed by atoms with van der Waals surface area (Å²) < 4.78 is 39.6. The van der Waals surface area contributed by atoms with Gasteiger partial charge in [-0.25, -0.2) is 12.8 Å². The van der Waals surface area contributed by atoms with E-state index in [9.17, 15) is 17.6 Å². The standard InChI is InChI=1S/C12H12FN3O3S/c13-10-4-3-9(6-8(10)7-14)20(18,19)16-11-2-1-5-15-12(11)17/h3-4,6,11,16H,1-2,5H2,(H,15,17). The second-order valence-electron chi connectivity index (χ2n) is 4.36. The lowest BCUT2D eigenvalue weighted by atomic mass is 10.1. The van der Waals surface area contributed by atoms with Crippen LogP contribution in [0.1, 0.15) is 18.4 Å². The number of nitriles is 1. The number of amides is 1. The van der Waals surface area contributed by atoms with Crippen molar-refractivity contribution in [3.8, 4) is 6.07 Å². The molecule has 6 nitrogen and oxygen atoms in total. The van der Waals surface area contributed by atoms with Crippen LogP contribution in [0, 0.1) is 17.1 Å². The second kappa shape index (κ2) is 5.56. The lowest BCUT2D eigenvalue weighted by Gasteiger charge is -2.22. The molecule has 20 heavy (non-hydrogen) atoms. The van der Waals surface area contributed by atoms with Crippen molar-refractivity contribution < 1.29 is 17.6 Å². The molecule has 1 unspecified atom stereocenters. The summed E-state index contributed by atoms with van der Waals surface area (Å²) >= 11 is 0. The molecule has 0 radical (unpaired) electrons. The minimum atomic E-state index is -3.97. The zero-order chi connectivity index (χ0) is 14.8. The predicted molar refractivity (Wildman–Crippen MR) is 67.5 cm³/mol. The largest absolute Gasteiger partial charge is 0.355 e. The van der Waals surface area contributed by atoms with E-state index in [1.54, 1.807) is 6.07 Å². The smallest absolute Gasteiger partial charge is 0.241 e. The molecular formula is C12H12FN3O3S. The lowest BCUT2D eigenvalue weighted by molar-refractivity contribution is -0.124. The Morgan fingerprint density at radius 2 is 2.20 bits per heavy atom. The third kappa shape index (κ3) is 2.95. The SMILES string of the molecule is N#Cc1cc(S(=O)(=O)NC2CCCNC2=O)ccc1F. The number of hydrogen-bond donors (Lipinski definition) is 2. The third-order valence-electron chi connectivity index (χ3n) is 2.95. The van der Waals surface area contributed by atoms with Gasteiger partial charge in [-0.1, -0.05) is 0 Å². The first-order valence-corrected chi connectivity index (χ1v) is 7.42. The molecule has 106 valence electrons. The van der Waals surface area contributed by atoms with Crippen molar-refractivity contribution in [3.63, 3.8) is 0 Å². The lowest BCUT2D eigenvalue weighted by Crippen LogP contribution is -2.50. The molecule has 1 fully saturated rings. The van der Waals surface area contributed by atoms with E-state index in [2.05, 4.69) is 10.0 Å². The number of sulfonamides is 1. The summed E-state index contributed by atoms with van der Waals surface area (Å²) in [6, 6.07) is 3.64. The van der Waals surface area contributed by atoms with Crippen molar-refractivity contribution >= 4 is 15.9 Å². The van der Waals surface area contributed by atoms with E-state index in [1.165, 1.54) is 0 Å². The molecule has 0 bridgehead atoms. The molecule has 0 aromatic heterocycles. The molecule has 0 saturated carbocycles. The summed E-state index contributed by atoms with van der Waals surface area (Å²) in [5.41, 5.74) is -0.360. The van der Waals surface area contributed by atoms with Gasteiger partial charge in [-0.05, 0) is 31.0 Å². The molecule has 1 atom stereocenters. The van der Waals surface area contributed by atoms with Gasteiger partial charge in [-0.2, -0.15) is 9.98 Å². The fourth-order valence-electron chi connectivity index (χ4n) is 1.90. The maximum absolute atomic E-state index is 13.2. The van der Waals surface area contributed by atoms with Gasteiger partial charge in [0.2, 0.25) is 15.9 Å². The van der Waals surface area contributed by atoms with E-state index >= 15 is 0 Å². The monoisotopic (exact) mass is 297 g/mol. The van der Waals surface area contributed by atoms with Crippen LogP contribution in [-0.2, 0) is 14.8 Å². The van der Waals surface area contributed by atoms with Gasteiger partial charge in [-0.15, -0.1) is 0 Å². The van der Waals surface area contributed by atoms with Gasteiger partial charge in [0.1, 0.15) is 17.9 Å². The number of halogens is 1. The molecule has 1 amide bonds. The molecule has 1 aromatic rings. The highest BCUT2D eigenvalue weighted by Gasteiger charge is 2.28. The van der Waals surface area contributed by atoms with Crippen LogP contribution < -0.4 is 10.0 Å². The van der Waals surface area contributed by atoms with Crippen LogP contribution in [0.15, 0.2) is 23.1 Å². The first-order chi connectivity index (χ1) is 9.44. The highest BCUT2D eigenvalue weighted by Crippen LogP contribution is 2.16. The van der Waals surface area contributed by atoms with Crippen LogP contribution in [0.4, 0.5) is 4.39 Å². The third-order valence-corrected chi connectivity index (χ3v) is 4.42. The van der Waals surface area contributed by atoms with Crippen molar-refractivity contribution in [2.75, 3.05) is 6.54 Å². The average molecular weight is 297 g/mol. The number of carbonyl (C=O) groups is 1. The van der Waals surface area contributed by atoms with Crippen molar-refractivity contribution in [2.45, 2.75) is 23.8 Å². The van der Waals surface area contributed by atoms with Crippen LogP contribution in [0.2, 0.25) is 0 Å².